The average Bonchev–Trinajstić information content (AvgIpc) is 3.29. The minimum absolute atomic E-state index is 0.0394. The number of rotatable bonds is 12. The largest absolute Gasteiger partial charge is 0.505 e. The predicted molar refractivity (Wildman–Crippen MR) is 153 cm³/mol. The summed E-state index contributed by atoms with van der Waals surface area (Å²) in [5, 5.41) is 19.3. The number of piperidine rings is 1. The molecule has 212 valence electrons. The molecule has 0 aliphatic carbocycles. The number of ether oxygens (including phenoxy) is 2. The summed E-state index contributed by atoms with van der Waals surface area (Å²) >= 11 is 0. The van der Waals surface area contributed by atoms with Crippen LogP contribution in [-0.2, 0) is 9.53 Å². The Morgan fingerprint density at radius 1 is 0.949 bits per heavy atom. The zero-order valence-electron chi connectivity index (χ0n) is 24.2. The Morgan fingerprint density at radius 3 is 2.18 bits per heavy atom. The number of carbonyl (C=O) groups is 1. The first kappa shape index (κ1) is 28.9. The first-order chi connectivity index (χ1) is 18.6. The van der Waals surface area contributed by atoms with E-state index in [1.807, 2.05) is 24.3 Å². The molecule has 4 rings (SSSR count). The number of aromatic hydroxyl groups is 1. The van der Waals surface area contributed by atoms with Crippen LogP contribution in [0.1, 0.15) is 86.0 Å². The highest BCUT2D eigenvalue weighted by Crippen LogP contribution is 2.40. The highest BCUT2D eigenvalue weighted by Gasteiger charge is 2.46. The maximum Gasteiger partial charge on any atom is 0.344 e. The van der Waals surface area contributed by atoms with Gasteiger partial charge in [0.2, 0.25) is 0 Å². The zero-order chi connectivity index (χ0) is 28.0. The van der Waals surface area contributed by atoms with Gasteiger partial charge in [0.15, 0.2) is 6.61 Å². The van der Waals surface area contributed by atoms with Gasteiger partial charge in [-0.1, -0.05) is 51.2 Å². The van der Waals surface area contributed by atoms with E-state index in [1.165, 1.54) is 49.4 Å². The second-order valence-corrected chi connectivity index (χ2v) is 12.0. The van der Waals surface area contributed by atoms with Gasteiger partial charge in [-0.15, -0.1) is 15.0 Å². The molecule has 1 saturated heterocycles. The molecule has 39 heavy (non-hydrogen) atoms. The Balaban J connectivity index is 1.28. The molecule has 1 N–H and O–H groups in total. The number of esters is 1. The summed E-state index contributed by atoms with van der Waals surface area (Å²) < 4.78 is 11.5. The second kappa shape index (κ2) is 12.4. The molecule has 3 aromatic rings. The van der Waals surface area contributed by atoms with Crippen LogP contribution in [0.2, 0.25) is 0 Å². The molecule has 8 nitrogen and oxygen atoms in total. The van der Waals surface area contributed by atoms with Gasteiger partial charge in [-0.25, -0.2) is 4.79 Å². The van der Waals surface area contributed by atoms with Gasteiger partial charge in [-0.2, -0.15) is 0 Å². The van der Waals surface area contributed by atoms with E-state index in [2.05, 4.69) is 49.7 Å². The summed E-state index contributed by atoms with van der Waals surface area (Å²) in [6, 6.07) is 12.3. The number of carbonyl (C=O) groups excluding carboxylic acids is 1. The van der Waals surface area contributed by atoms with E-state index in [4.69, 9.17) is 9.47 Å². The number of hydrogen-bond donors (Lipinski definition) is 1. The van der Waals surface area contributed by atoms with E-state index < -0.39 is 5.97 Å². The lowest BCUT2D eigenvalue weighted by molar-refractivity contribution is -0.162. The lowest BCUT2D eigenvalue weighted by atomic mass is 9.78. The highest BCUT2D eigenvalue weighted by atomic mass is 16.6. The molecule has 1 fully saturated rings. The van der Waals surface area contributed by atoms with E-state index in [0.29, 0.717) is 11.4 Å². The van der Waals surface area contributed by atoms with Gasteiger partial charge >= 0.3 is 5.97 Å². The van der Waals surface area contributed by atoms with Gasteiger partial charge in [0.05, 0.1) is 0 Å². The van der Waals surface area contributed by atoms with Crippen molar-refractivity contribution in [1.29, 1.82) is 0 Å². The number of unbranched alkanes of at least 4 members (excludes halogenated alkanes) is 5. The summed E-state index contributed by atoms with van der Waals surface area (Å²) in [6.45, 7) is 12.1. The van der Waals surface area contributed by atoms with Crippen molar-refractivity contribution in [3.05, 3.63) is 42.5 Å². The average molecular weight is 537 g/mol. The van der Waals surface area contributed by atoms with Gasteiger partial charge in [-0.05, 0) is 64.9 Å². The number of benzene rings is 2. The third kappa shape index (κ3) is 7.29. The van der Waals surface area contributed by atoms with Crippen LogP contribution in [0.15, 0.2) is 42.5 Å². The van der Waals surface area contributed by atoms with E-state index in [-0.39, 0.29) is 29.5 Å². The Labute approximate surface area is 232 Å². The maximum atomic E-state index is 12.7. The Kier molecular flexibility index (Phi) is 9.15. The molecule has 2 heterocycles. The standard InChI is InChI=1S/C31H44N4O4/c1-6-7-8-9-10-13-18-34-30(2,3)20-24(21-31(34,4)5)39-29(37)22-38-23-16-17-27(28(36)19-23)35-32-25-14-11-12-15-26(25)33-35/h11-12,14-17,19,24,36H,6-10,13,18,20-22H2,1-5H3. The monoisotopic (exact) mass is 536 g/mol. The topological polar surface area (TPSA) is 89.7 Å². The van der Waals surface area contributed by atoms with Crippen LogP contribution in [0.4, 0.5) is 0 Å². The summed E-state index contributed by atoms with van der Waals surface area (Å²) in [5.74, 6) is -0.0683. The Morgan fingerprint density at radius 2 is 1.56 bits per heavy atom. The second-order valence-electron chi connectivity index (χ2n) is 12.0. The molecule has 2 aromatic carbocycles. The van der Waals surface area contributed by atoms with E-state index in [1.54, 1.807) is 12.1 Å². The molecule has 1 aromatic heterocycles. The minimum Gasteiger partial charge on any atom is -0.505 e. The van der Waals surface area contributed by atoms with Crippen LogP contribution >= 0.6 is 0 Å². The number of aromatic nitrogens is 3. The van der Waals surface area contributed by atoms with Crippen molar-refractivity contribution in [3.63, 3.8) is 0 Å². The fourth-order valence-electron chi connectivity index (χ4n) is 6.06. The van der Waals surface area contributed by atoms with E-state index in [0.717, 1.165) is 30.4 Å². The quantitative estimate of drug-likeness (QED) is 0.211. The number of fused-ring (bicyclic) bond motifs is 1. The predicted octanol–water partition coefficient (Wildman–Crippen LogP) is 6.43. The van der Waals surface area contributed by atoms with Gasteiger partial charge < -0.3 is 14.6 Å². The molecule has 0 saturated carbocycles. The zero-order valence-corrected chi connectivity index (χ0v) is 24.2. The van der Waals surface area contributed by atoms with Gasteiger partial charge in [-0.3, -0.25) is 4.90 Å². The third-order valence-electron chi connectivity index (χ3n) is 7.75. The number of phenolic OH excluding ortho intramolecular Hbond substituents is 1. The number of hydrogen-bond acceptors (Lipinski definition) is 7. The molecule has 0 unspecified atom stereocenters. The highest BCUT2D eigenvalue weighted by molar-refractivity contribution is 5.74. The number of phenols is 1. The van der Waals surface area contributed by atoms with E-state index in [9.17, 15) is 9.90 Å². The third-order valence-corrected chi connectivity index (χ3v) is 7.75. The summed E-state index contributed by atoms with van der Waals surface area (Å²) in [6.07, 6.45) is 9.11. The molecule has 1 aliphatic rings. The van der Waals surface area contributed by atoms with Crippen molar-refractivity contribution in [3.8, 4) is 17.2 Å². The van der Waals surface area contributed by atoms with Crippen LogP contribution in [0, 0.1) is 0 Å². The first-order valence-corrected chi connectivity index (χ1v) is 14.3. The SMILES string of the molecule is CCCCCCCCN1C(C)(C)CC(OC(=O)COc2ccc(-n3nc4ccccc4n3)c(O)c2)CC1(C)C. The van der Waals surface area contributed by atoms with Gasteiger partial charge in [0.1, 0.15) is 34.3 Å². The fourth-order valence-corrected chi connectivity index (χ4v) is 6.06. The Hall–Kier alpha value is -3.13. The smallest absolute Gasteiger partial charge is 0.344 e. The van der Waals surface area contributed by atoms with Crippen LogP contribution in [0.3, 0.4) is 0 Å². The number of nitrogens with zero attached hydrogens (tertiary/aromatic N) is 4. The lowest BCUT2D eigenvalue weighted by Gasteiger charge is -2.55. The Bertz CT molecular complexity index is 1200. The molecule has 8 heteroatoms. The van der Waals surface area contributed by atoms with Crippen molar-refractivity contribution >= 4 is 17.0 Å². The van der Waals surface area contributed by atoms with Crippen LogP contribution < -0.4 is 4.74 Å². The number of likely N-dealkylation sites (tertiary alicyclic amines) is 1. The summed E-state index contributed by atoms with van der Waals surface area (Å²) in [5.41, 5.74) is 1.77. The molecule has 0 atom stereocenters. The van der Waals surface area contributed by atoms with Crippen LogP contribution in [-0.4, -0.2) is 61.3 Å². The molecule has 1 aliphatic heterocycles. The summed E-state index contributed by atoms with van der Waals surface area (Å²) in [4.78, 5) is 16.7. The fraction of sp³-hybridized carbons (Fsp3) is 0.581. The molecule has 0 spiro atoms. The molecule has 0 bridgehead atoms. The minimum atomic E-state index is -0.403. The van der Waals surface area contributed by atoms with Crippen LogP contribution in [0.25, 0.3) is 16.7 Å². The maximum absolute atomic E-state index is 12.7. The van der Waals surface area contributed by atoms with Crippen LogP contribution in [0.5, 0.6) is 11.5 Å². The molecular weight excluding hydrogens is 492 g/mol. The van der Waals surface area contributed by atoms with Crippen molar-refractivity contribution in [2.45, 2.75) is 103 Å². The molecule has 0 amide bonds. The van der Waals surface area contributed by atoms with Crippen molar-refractivity contribution < 1.29 is 19.4 Å². The normalized spacial score (nSPS) is 17.4. The first-order valence-electron chi connectivity index (χ1n) is 14.3. The molecular formula is C31H44N4O4. The molecule has 0 radical (unpaired) electrons. The van der Waals surface area contributed by atoms with Crippen molar-refractivity contribution in [1.82, 2.24) is 19.9 Å². The van der Waals surface area contributed by atoms with Crippen molar-refractivity contribution in [2.24, 2.45) is 0 Å². The van der Waals surface area contributed by atoms with Crippen molar-refractivity contribution in [2.75, 3.05) is 13.2 Å². The summed E-state index contributed by atoms with van der Waals surface area (Å²) in [7, 11) is 0. The van der Waals surface area contributed by atoms with E-state index >= 15 is 0 Å². The van der Waals surface area contributed by atoms with Gasteiger partial charge in [0, 0.05) is 30.0 Å². The van der Waals surface area contributed by atoms with Gasteiger partial charge in [0.25, 0.3) is 0 Å². The lowest BCUT2D eigenvalue weighted by Crippen LogP contribution is -2.62.